The zero-order chi connectivity index (χ0) is 19.3. The van der Waals surface area contributed by atoms with E-state index in [0.29, 0.717) is 35.5 Å². The first kappa shape index (κ1) is 17.3. The van der Waals surface area contributed by atoms with Gasteiger partial charge in [0.25, 0.3) is 0 Å². The molecule has 0 radical (unpaired) electrons. The predicted molar refractivity (Wildman–Crippen MR) is 102 cm³/mol. The molecule has 0 aromatic heterocycles. The average Bonchev–Trinajstić information content (AvgIpc) is 3.47. The third kappa shape index (κ3) is 2.49. The Morgan fingerprint density at radius 1 is 0.862 bits per heavy atom. The van der Waals surface area contributed by atoms with Crippen LogP contribution < -0.4 is 0 Å². The van der Waals surface area contributed by atoms with Crippen molar-refractivity contribution in [2.24, 2.45) is 53.3 Å². The molecule has 0 aromatic rings. The second kappa shape index (κ2) is 6.09. The number of rotatable bonds is 4. The van der Waals surface area contributed by atoms with Crippen molar-refractivity contribution in [3.05, 3.63) is 12.2 Å². The highest BCUT2D eigenvalue weighted by molar-refractivity contribution is 5.78. The van der Waals surface area contributed by atoms with E-state index in [1.165, 1.54) is 38.5 Å². The molecule has 6 aliphatic carbocycles. The van der Waals surface area contributed by atoms with Crippen LogP contribution in [0, 0.1) is 53.3 Å². The number of hydrogen-bond acceptors (Lipinski definition) is 5. The van der Waals surface area contributed by atoms with Gasteiger partial charge in [-0.15, -0.1) is 0 Å². The Hall–Kier alpha value is -1.36. The topological polar surface area (TPSA) is 61.8 Å². The van der Waals surface area contributed by atoms with E-state index in [-0.39, 0.29) is 42.8 Å². The maximum atomic E-state index is 12.7. The van der Waals surface area contributed by atoms with Gasteiger partial charge in [0.1, 0.15) is 6.10 Å². The number of fused-ring (bicyclic) bond motifs is 9. The number of hydrogen-bond donors (Lipinski definition) is 0. The van der Waals surface area contributed by atoms with Gasteiger partial charge in [-0.1, -0.05) is 12.2 Å². The minimum Gasteiger partial charge on any atom is -0.459 e. The molecule has 2 aliphatic heterocycles. The summed E-state index contributed by atoms with van der Waals surface area (Å²) in [6.07, 6.45) is 13.1. The van der Waals surface area contributed by atoms with Gasteiger partial charge in [0.05, 0.1) is 18.1 Å². The van der Waals surface area contributed by atoms with Crippen molar-refractivity contribution in [2.75, 3.05) is 6.61 Å². The summed E-state index contributed by atoms with van der Waals surface area (Å²) in [7, 11) is 0. The van der Waals surface area contributed by atoms with Gasteiger partial charge < -0.3 is 14.2 Å². The van der Waals surface area contributed by atoms with E-state index in [1.54, 1.807) is 0 Å². The van der Waals surface area contributed by atoms with Crippen LogP contribution in [0.3, 0.4) is 0 Å². The summed E-state index contributed by atoms with van der Waals surface area (Å²) in [6.45, 7) is -0.241. The second-order valence-corrected chi connectivity index (χ2v) is 11.1. The Bertz CT molecular complexity index is 745. The van der Waals surface area contributed by atoms with E-state index in [9.17, 15) is 9.59 Å². The third-order valence-corrected chi connectivity index (χ3v) is 9.65. The van der Waals surface area contributed by atoms with Crippen molar-refractivity contribution < 1.29 is 23.8 Å². The fourth-order valence-corrected chi connectivity index (χ4v) is 8.95. The number of allylic oxidation sites excluding steroid dienone is 2. The molecule has 7 fully saturated rings. The molecule has 8 aliphatic rings. The van der Waals surface area contributed by atoms with Crippen LogP contribution in [0.25, 0.3) is 0 Å². The van der Waals surface area contributed by atoms with Gasteiger partial charge in [-0.2, -0.15) is 0 Å². The molecule has 0 aromatic carbocycles. The number of carbonyl (C=O) groups excluding carboxylic acids is 2. The van der Waals surface area contributed by atoms with Gasteiger partial charge in [0.2, 0.25) is 0 Å². The van der Waals surface area contributed by atoms with Gasteiger partial charge in [0.15, 0.2) is 6.61 Å². The fraction of sp³-hybridized carbons (Fsp3) is 0.833. The second-order valence-electron chi connectivity index (χ2n) is 11.1. The van der Waals surface area contributed by atoms with Gasteiger partial charge in [-0.05, 0) is 92.3 Å². The fourth-order valence-electron chi connectivity index (χ4n) is 8.95. The summed E-state index contributed by atoms with van der Waals surface area (Å²) in [4.78, 5) is 25.2. The van der Waals surface area contributed by atoms with E-state index in [1.807, 2.05) is 0 Å². The summed E-state index contributed by atoms with van der Waals surface area (Å²) in [5, 5.41) is 0. The van der Waals surface area contributed by atoms with Gasteiger partial charge in [0, 0.05) is 0 Å². The summed E-state index contributed by atoms with van der Waals surface area (Å²) >= 11 is 0. The van der Waals surface area contributed by atoms with Crippen LogP contribution in [-0.4, -0.2) is 36.9 Å². The van der Waals surface area contributed by atoms with Crippen LogP contribution in [0.4, 0.5) is 0 Å². The smallest absolute Gasteiger partial charge is 0.344 e. The number of esters is 2. The quantitative estimate of drug-likeness (QED) is 0.538. The Morgan fingerprint density at radius 3 is 2.28 bits per heavy atom. The SMILES string of the molecule is O=C(COC(=O)C1CC2OC1C1C3C=CC(C3)C21)OC1C2CC3CC(C2)CC1C3. The van der Waals surface area contributed by atoms with E-state index >= 15 is 0 Å². The highest BCUT2D eigenvalue weighted by Crippen LogP contribution is 2.61. The zero-order valence-electron chi connectivity index (χ0n) is 16.8. The Labute approximate surface area is 171 Å². The minimum atomic E-state index is -0.361. The Balaban J connectivity index is 0.952. The minimum absolute atomic E-state index is 0.0158. The van der Waals surface area contributed by atoms with E-state index in [4.69, 9.17) is 14.2 Å². The molecule has 7 atom stereocenters. The van der Waals surface area contributed by atoms with Crippen molar-refractivity contribution in [2.45, 2.75) is 63.3 Å². The lowest BCUT2D eigenvalue weighted by Crippen LogP contribution is -2.50. The van der Waals surface area contributed by atoms with E-state index < -0.39 is 0 Å². The molecule has 0 spiro atoms. The highest BCUT2D eigenvalue weighted by atomic mass is 16.6. The molecule has 156 valence electrons. The largest absolute Gasteiger partial charge is 0.459 e. The zero-order valence-corrected chi connectivity index (χ0v) is 16.8. The normalized spacial score (nSPS) is 54.8. The number of ether oxygens (including phenoxy) is 3. The Morgan fingerprint density at radius 2 is 1.55 bits per heavy atom. The molecule has 8 rings (SSSR count). The third-order valence-electron chi connectivity index (χ3n) is 9.65. The van der Waals surface area contributed by atoms with Gasteiger partial charge >= 0.3 is 11.9 Å². The molecule has 0 N–H and O–H groups in total. The van der Waals surface area contributed by atoms with Crippen LogP contribution >= 0.6 is 0 Å². The lowest BCUT2D eigenvalue weighted by atomic mass is 9.55. The van der Waals surface area contributed by atoms with Crippen molar-refractivity contribution in [3.63, 3.8) is 0 Å². The first-order valence-corrected chi connectivity index (χ1v) is 11.8. The first-order valence-electron chi connectivity index (χ1n) is 11.8. The standard InChI is InChI=1S/C24H30O5/c25-19(29-22-15-4-11-3-12(6-15)7-16(22)5-11)10-27-24(26)17-9-18-20-13-1-2-14(8-13)21(20)23(17)28-18/h1-2,11-18,20-23H,3-10H2. The molecule has 29 heavy (non-hydrogen) atoms. The van der Waals surface area contributed by atoms with Crippen LogP contribution in [0.1, 0.15) is 44.9 Å². The van der Waals surface area contributed by atoms with Crippen LogP contribution in [0.15, 0.2) is 12.2 Å². The molecular formula is C24H30O5. The van der Waals surface area contributed by atoms with Crippen molar-refractivity contribution in [1.29, 1.82) is 0 Å². The van der Waals surface area contributed by atoms with Crippen molar-refractivity contribution >= 4 is 11.9 Å². The molecule has 5 saturated carbocycles. The highest BCUT2D eigenvalue weighted by Gasteiger charge is 2.64. The summed E-state index contributed by atoms with van der Waals surface area (Å²) in [5.74, 6) is 4.24. The molecule has 5 heteroatoms. The lowest BCUT2D eigenvalue weighted by molar-refractivity contribution is -0.179. The molecule has 5 nitrogen and oxygen atoms in total. The van der Waals surface area contributed by atoms with Crippen LogP contribution in [-0.2, 0) is 23.8 Å². The molecule has 2 saturated heterocycles. The average molecular weight is 398 g/mol. The van der Waals surface area contributed by atoms with E-state index in [0.717, 1.165) is 18.3 Å². The van der Waals surface area contributed by atoms with Gasteiger partial charge in [-0.3, -0.25) is 4.79 Å². The van der Waals surface area contributed by atoms with Gasteiger partial charge in [-0.25, -0.2) is 4.79 Å². The molecule has 8 bridgehead atoms. The maximum absolute atomic E-state index is 12.7. The lowest BCUT2D eigenvalue weighted by Gasteiger charge is -2.53. The molecule has 2 heterocycles. The predicted octanol–water partition coefficient (Wildman–Crippen LogP) is 3.12. The van der Waals surface area contributed by atoms with Crippen LogP contribution in [0.5, 0.6) is 0 Å². The van der Waals surface area contributed by atoms with Crippen molar-refractivity contribution in [1.82, 2.24) is 0 Å². The molecule has 0 amide bonds. The monoisotopic (exact) mass is 398 g/mol. The Kier molecular flexibility index (Phi) is 3.64. The first-order chi connectivity index (χ1) is 14.1. The number of carbonyl (C=O) groups is 2. The summed E-state index contributed by atoms with van der Waals surface area (Å²) < 4.78 is 17.5. The van der Waals surface area contributed by atoms with Crippen LogP contribution in [0.2, 0.25) is 0 Å². The van der Waals surface area contributed by atoms with E-state index in [2.05, 4.69) is 12.2 Å². The summed E-state index contributed by atoms with van der Waals surface area (Å²) in [5.41, 5.74) is 0. The summed E-state index contributed by atoms with van der Waals surface area (Å²) in [6, 6.07) is 0. The van der Waals surface area contributed by atoms with Crippen molar-refractivity contribution in [3.8, 4) is 0 Å². The molecule has 7 unspecified atom stereocenters. The maximum Gasteiger partial charge on any atom is 0.344 e. The molecular weight excluding hydrogens is 368 g/mol.